The highest BCUT2D eigenvalue weighted by Gasteiger charge is 2.35. The van der Waals surface area contributed by atoms with Crippen LogP contribution in [-0.2, 0) is 10.0 Å². The van der Waals surface area contributed by atoms with E-state index in [1.165, 1.54) is 0 Å². The topological polar surface area (TPSA) is 79.2 Å². The maximum atomic E-state index is 12.1. The molecule has 24 heavy (non-hydrogen) atoms. The van der Waals surface area contributed by atoms with Crippen LogP contribution in [0.2, 0.25) is 0 Å². The third-order valence-corrected chi connectivity index (χ3v) is 4.93. The number of hydrogen-bond donors (Lipinski definition) is 1. The maximum Gasteiger partial charge on any atom is 0.247 e. The van der Waals surface area contributed by atoms with Gasteiger partial charge in [0.2, 0.25) is 10.0 Å². The molecule has 1 aliphatic heterocycles. The molecular formula is C17H18N2O4S. The van der Waals surface area contributed by atoms with Gasteiger partial charge in [-0.15, -0.1) is 0 Å². The Morgan fingerprint density at radius 1 is 1.21 bits per heavy atom. The Hall–Kier alpha value is -2.54. The molecule has 7 heteroatoms. The van der Waals surface area contributed by atoms with Gasteiger partial charge in [0.15, 0.2) is 0 Å². The molecule has 0 bridgehead atoms. The third-order valence-electron chi connectivity index (χ3n) is 3.91. The predicted molar refractivity (Wildman–Crippen MR) is 91.7 cm³/mol. The molecule has 2 aromatic rings. The zero-order chi connectivity index (χ0) is 17.3. The fourth-order valence-corrected chi connectivity index (χ4v) is 3.67. The highest BCUT2D eigenvalue weighted by atomic mass is 32.2. The van der Waals surface area contributed by atoms with E-state index in [0.717, 1.165) is 16.2 Å². The van der Waals surface area contributed by atoms with Gasteiger partial charge in [0.05, 0.1) is 25.1 Å². The zero-order valence-corrected chi connectivity index (χ0v) is 14.2. The molecule has 0 saturated carbocycles. The molecule has 1 heterocycles. The number of hydrogen-bond acceptors (Lipinski definition) is 5. The number of phenolic OH excluding ortho intramolecular Hbond substituents is 1. The van der Waals surface area contributed by atoms with Crippen molar-refractivity contribution in [1.29, 1.82) is 0 Å². The highest BCUT2D eigenvalue weighted by Crippen LogP contribution is 2.38. The summed E-state index contributed by atoms with van der Waals surface area (Å²) in [7, 11) is -2.00. The van der Waals surface area contributed by atoms with Crippen LogP contribution in [0.3, 0.4) is 0 Å². The molecule has 0 spiro atoms. The summed E-state index contributed by atoms with van der Waals surface area (Å²) >= 11 is 0. The van der Waals surface area contributed by atoms with E-state index in [-0.39, 0.29) is 5.75 Å². The van der Waals surface area contributed by atoms with Crippen LogP contribution in [0.25, 0.3) is 0 Å². The summed E-state index contributed by atoms with van der Waals surface area (Å²) in [6, 6.07) is 13.5. The number of nitrogens with zero attached hydrogens (tertiary/aromatic N) is 2. The first-order chi connectivity index (χ1) is 11.4. The fraction of sp³-hybridized carbons (Fsp3) is 0.235. The SMILES string of the molecule is COc1cccc(C2=NN(S(C)(=O)=O)[C@@H](c3ccccc3O)C2)c1. The van der Waals surface area contributed by atoms with Crippen LogP contribution in [0.1, 0.15) is 23.6 Å². The van der Waals surface area contributed by atoms with Crippen molar-refractivity contribution in [3.05, 3.63) is 59.7 Å². The van der Waals surface area contributed by atoms with Crippen LogP contribution in [0.5, 0.6) is 11.5 Å². The van der Waals surface area contributed by atoms with Gasteiger partial charge in [-0.1, -0.05) is 30.3 Å². The number of benzene rings is 2. The van der Waals surface area contributed by atoms with Crippen LogP contribution < -0.4 is 4.74 Å². The lowest BCUT2D eigenvalue weighted by Gasteiger charge is -2.22. The standard InChI is InChI=1S/C17H18N2O4S/c1-23-13-7-5-6-12(10-13)15-11-16(19(18-15)24(2,21)22)14-8-3-4-9-17(14)20/h3-10,16,20H,11H2,1-2H3/t16-/m1/s1. The second-order valence-corrected chi connectivity index (χ2v) is 7.43. The molecule has 3 rings (SSSR count). The predicted octanol–water partition coefficient (Wildman–Crippen LogP) is 2.51. The zero-order valence-electron chi connectivity index (χ0n) is 13.4. The molecule has 6 nitrogen and oxygen atoms in total. The third kappa shape index (κ3) is 3.07. The number of methoxy groups -OCH3 is 1. The fourth-order valence-electron chi connectivity index (χ4n) is 2.77. The van der Waals surface area contributed by atoms with Gasteiger partial charge in [-0.2, -0.15) is 9.52 Å². The van der Waals surface area contributed by atoms with E-state index in [4.69, 9.17) is 4.74 Å². The van der Waals surface area contributed by atoms with Crippen molar-refractivity contribution in [2.75, 3.05) is 13.4 Å². The van der Waals surface area contributed by atoms with Crippen molar-refractivity contribution >= 4 is 15.7 Å². The number of phenols is 1. The smallest absolute Gasteiger partial charge is 0.247 e. The first-order valence-corrected chi connectivity index (χ1v) is 9.24. The van der Waals surface area contributed by atoms with Crippen molar-refractivity contribution in [3.63, 3.8) is 0 Å². The summed E-state index contributed by atoms with van der Waals surface area (Å²) in [5.74, 6) is 0.727. The van der Waals surface area contributed by atoms with Gasteiger partial charge in [-0.05, 0) is 18.2 Å². The van der Waals surface area contributed by atoms with Crippen molar-refractivity contribution in [1.82, 2.24) is 4.41 Å². The summed E-state index contributed by atoms with van der Waals surface area (Å²) < 4.78 is 30.6. The molecule has 0 radical (unpaired) electrons. The number of sulfonamides is 1. The minimum absolute atomic E-state index is 0.0539. The van der Waals surface area contributed by atoms with E-state index in [9.17, 15) is 13.5 Å². The summed E-state index contributed by atoms with van der Waals surface area (Å²) in [5.41, 5.74) is 1.96. The summed E-state index contributed by atoms with van der Waals surface area (Å²) in [6.45, 7) is 0. The molecule has 0 unspecified atom stereocenters. The summed E-state index contributed by atoms with van der Waals surface area (Å²) in [6.07, 6.45) is 1.48. The minimum atomic E-state index is -3.57. The van der Waals surface area contributed by atoms with Gasteiger partial charge in [-0.25, -0.2) is 8.42 Å². The van der Waals surface area contributed by atoms with Crippen LogP contribution in [0.4, 0.5) is 0 Å². The second-order valence-electron chi connectivity index (χ2n) is 5.59. The van der Waals surface area contributed by atoms with Gasteiger partial charge in [0.1, 0.15) is 11.5 Å². The Balaban J connectivity index is 2.04. The average molecular weight is 346 g/mol. The van der Waals surface area contributed by atoms with Gasteiger partial charge in [0.25, 0.3) is 0 Å². The van der Waals surface area contributed by atoms with Gasteiger partial charge in [0, 0.05) is 17.5 Å². The maximum absolute atomic E-state index is 12.1. The normalized spacial score (nSPS) is 17.7. The molecule has 0 aliphatic carbocycles. The van der Waals surface area contributed by atoms with Crippen molar-refractivity contribution in [3.8, 4) is 11.5 Å². The quantitative estimate of drug-likeness (QED) is 0.922. The Kier molecular flexibility index (Phi) is 4.19. The van der Waals surface area contributed by atoms with Crippen LogP contribution in [0.15, 0.2) is 53.6 Å². The molecule has 126 valence electrons. The highest BCUT2D eigenvalue weighted by molar-refractivity contribution is 7.88. The van der Waals surface area contributed by atoms with Crippen molar-refractivity contribution in [2.24, 2.45) is 5.10 Å². The molecule has 1 atom stereocenters. The van der Waals surface area contributed by atoms with Gasteiger partial charge < -0.3 is 9.84 Å². The van der Waals surface area contributed by atoms with Gasteiger partial charge >= 0.3 is 0 Å². The first-order valence-electron chi connectivity index (χ1n) is 7.39. The lowest BCUT2D eigenvalue weighted by Crippen LogP contribution is -2.25. The molecule has 0 saturated heterocycles. The number of ether oxygens (including phenoxy) is 1. The lowest BCUT2D eigenvalue weighted by atomic mass is 9.98. The van der Waals surface area contributed by atoms with Crippen molar-refractivity contribution < 1.29 is 18.3 Å². The van der Waals surface area contributed by atoms with Crippen molar-refractivity contribution in [2.45, 2.75) is 12.5 Å². The van der Waals surface area contributed by atoms with E-state index >= 15 is 0 Å². The van der Waals surface area contributed by atoms with E-state index in [0.29, 0.717) is 23.4 Å². The largest absolute Gasteiger partial charge is 0.508 e. The number of aromatic hydroxyl groups is 1. The summed E-state index contributed by atoms with van der Waals surface area (Å²) in [5, 5.41) is 14.4. The first kappa shape index (κ1) is 16.3. The minimum Gasteiger partial charge on any atom is -0.508 e. The van der Waals surface area contributed by atoms with E-state index in [1.54, 1.807) is 31.4 Å². The Bertz CT molecular complexity index is 893. The molecule has 0 amide bonds. The Labute approximate surface area is 141 Å². The Morgan fingerprint density at radius 2 is 1.96 bits per heavy atom. The summed E-state index contributed by atoms with van der Waals surface area (Å²) in [4.78, 5) is 0. The molecule has 0 aromatic heterocycles. The van der Waals surface area contributed by atoms with Crippen LogP contribution >= 0.6 is 0 Å². The molecule has 1 N–H and O–H groups in total. The van der Waals surface area contributed by atoms with Crippen LogP contribution in [-0.4, -0.2) is 37.0 Å². The van der Waals surface area contributed by atoms with Gasteiger partial charge in [-0.3, -0.25) is 0 Å². The lowest BCUT2D eigenvalue weighted by molar-refractivity contribution is 0.361. The molecular weight excluding hydrogens is 328 g/mol. The average Bonchev–Trinajstić information content (AvgIpc) is 3.01. The van der Waals surface area contributed by atoms with E-state index in [1.807, 2.05) is 24.3 Å². The number of hydrazone groups is 1. The van der Waals surface area contributed by atoms with E-state index < -0.39 is 16.1 Å². The van der Waals surface area contributed by atoms with E-state index in [2.05, 4.69) is 5.10 Å². The molecule has 2 aromatic carbocycles. The monoisotopic (exact) mass is 346 g/mol. The molecule has 1 aliphatic rings. The van der Waals surface area contributed by atoms with Crippen LogP contribution in [0, 0.1) is 0 Å². The Morgan fingerprint density at radius 3 is 2.62 bits per heavy atom. The number of para-hydroxylation sites is 1. The molecule has 0 fully saturated rings. The number of rotatable bonds is 4. The second kappa shape index (κ2) is 6.16.